The van der Waals surface area contributed by atoms with Gasteiger partial charge in [-0.2, -0.15) is 0 Å². The van der Waals surface area contributed by atoms with Crippen LogP contribution in [0.25, 0.3) is 11.1 Å². The van der Waals surface area contributed by atoms with Crippen molar-refractivity contribution in [1.29, 1.82) is 0 Å². The molecule has 0 bridgehead atoms. The minimum absolute atomic E-state index is 0.274. The molecule has 0 radical (unpaired) electrons. The Morgan fingerprint density at radius 2 is 1.57 bits per heavy atom. The fourth-order valence-corrected chi connectivity index (χ4v) is 5.29. The molecule has 0 heterocycles. The van der Waals surface area contributed by atoms with Gasteiger partial charge in [0, 0.05) is 17.2 Å². The molecule has 3 heteroatoms. The van der Waals surface area contributed by atoms with Crippen molar-refractivity contribution in [3.05, 3.63) is 66.3 Å². The van der Waals surface area contributed by atoms with E-state index in [1.54, 1.807) is 24.3 Å². The second kappa shape index (κ2) is 8.06. The van der Waals surface area contributed by atoms with E-state index < -0.39 is 5.82 Å². The Hall–Kier alpha value is -2.16. The molecule has 2 aromatic rings. The van der Waals surface area contributed by atoms with Gasteiger partial charge in [-0.1, -0.05) is 18.2 Å². The molecule has 4 atom stereocenters. The van der Waals surface area contributed by atoms with Crippen LogP contribution in [-0.4, -0.2) is 7.11 Å². The van der Waals surface area contributed by atoms with E-state index >= 15 is 0 Å². The van der Waals surface area contributed by atoms with Crippen molar-refractivity contribution in [3.63, 3.8) is 0 Å². The zero-order valence-corrected chi connectivity index (χ0v) is 16.5. The summed E-state index contributed by atoms with van der Waals surface area (Å²) in [7, 11) is 1.49. The molecule has 4 rings (SSSR count). The van der Waals surface area contributed by atoms with E-state index in [1.807, 2.05) is 6.07 Å². The summed E-state index contributed by atoms with van der Waals surface area (Å²) >= 11 is 0. The van der Waals surface area contributed by atoms with Gasteiger partial charge in [-0.15, -0.1) is 6.58 Å². The van der Waals surface area contributed by atoms with E-state index in [9.17, 15) is 8.78 Å². The third-order valence-corrected chi connectivity index (χ3v) is 6.92. The van der Waals surface area contributed by atoms with Crippen LogP contribution >= 0.6 is 0 Å². The zero-order chi connectivity index (χ0) is 19.7. The number of methoxy groups -OCH3 is 1. The highest BCUT2D eigenvalue weighted by atomic mass is 19.1. The molecular formula is C25H28F2O. The molecule has 0 amide bonds. The third kappa shape index (κ3) is 3.72. The van der Waals surface area contributed by atoms with Crippen LogP contribution < -0.4 is 4.74 Å². The van der Waals surface area contributed by atoms with Crippen molar-refractivity contribution in [3.8, 4) is 16.9 Å². The van der Waals surface area contributed by atoms with Gasteiger partial charge < -0.3 is 4.74 Å². The van der Waals surface area contributed by atoms with Gasteiger partial charge in [-0.25, -0.2) is 8.78 Å². The van der Waals surface area contributed by atoms with Gasteiger partial charge in [0.1, 0.15) is 17.4 Å². The number of halogens is 2. The molecule has 0 N–H and O–H groups in total. The highest BCUT2D eigenvalue weighted by Crippen LogP contribution is 2.48. The minimum Gasteiger partial charge on any atom is -0.497 e. The first-order chi connectivity index (χ1) is 13.6. The van der Waals surface area contributed by atoms with Gasteiger partial charge >= 0.3 is 0 Å². The van der Waals surface area contributed by atoms with Crippen LogP contribution in [0.4, 0.5) is 8.78 Å². The fourth-order valence-electron chi connectivity index (χ4n) is 5.29. The van der Waals surface area contributed by atoms with Crippen LogP contribution in [0.5, 0.6) is 5.75 Å². The lowest BCUT2D eigenvalue weighted by Gasteiger charge is -2.41. The molecule has 1 nitrogen and oxygen atoms in total. The standard InChI is InChI=1S/C25H28F2O/c1-3-16-4-5-18-13-19(7-6-17(18)12-16)20-8-10-22(24(26)14-20)23-11-9-21(28-2)15-25(23)27/h3,8-11,14-19H,1,4-7,12-13H2,2H3. The number of allylic oxidation sites excluding steroid dienone is 1. The first-order valence-electron chi connectivity index (χ1n) is 10.3. The van der Waals surface area contributed by atoms with Crippen molar-refractivity contribution in [2.75, 3.05) is 7.11 Å². The molecule has 0 spiro atoms. The van der Waals surface area contributed by atoms with Crippen molar-refractivity contribution in [1.82, 2.24) is 0 Å². The minimum atomic E-state index is -0.467. The zero-order valence-electron chi connectivity index (χ0n) is 16.5. The number of hydrogen-bond donors (Lipinski definition) is 0. The quantitative estimate of drug-likeness (QED) is 0.511. The summed E-state index contributed by atoms with van der Waals surface area (Å²) in [6.07, 6.45) is 9.36. The second-order valence-electron chi connectivity index (χ2n) is 8.42. The van der Waals surface area contributed by atoms with E-state index in [-0.39, 0.29) is 11.4 Å². The Morgan fingerprint density at radius 3 is 2.25 bits per heavy atom. The maximum absolute atomic E-state index is 14.9. The van der Waals surface area contributed by atoms with Crippen LogP contribution in [-0.2, 0) is 0 Å². The normalized spacial score (nSPS) is 27.1. The van der Waals surface area contributed by atoms with Gasteiger partial charge in [0.2, 0.25) is 0 Å². The van der Waals surface area contributed by atoms with Gasteiger partial charge in [-0.3, -0.25) is 0 Å². The number of ether oxygens (including phenoxy) is 1. The molecule has 2 aromatic carbocycles. The average molecular weight is 382 g/mol. The van der Waals surface area contributed by atoms with E-state index in [0.29, 0.717) is 23.1 Å². The summed E-state index contributed by atoms with van der Waals surface area (Å²) < 4.78 is 34.3. The predicted molar refractivity (Wildman–Crippen MR) is 109 cm³/mol. The molecular weight excluding hydrogens is 354 g/mol. The van der Waals surface area contributed by atoms with Gasteiger partial charge in [0.05, 0.1) is 7.11 Å². The van der Waals surface area contributed by atoms with E-state index in [0.717, 1.165) is 30.2 Å². The van der Waals surface area contributed by atoms with Gasteiger partial charge in [0.25, 0.3) is 0 Å². The Labute approximate surface area is 166 Å². The largest absolute Gasteiger partial charge is 0.497 e. The second-order valence-corrected chi connectivity index (χ2v) is 8.42. The molecule has 2 aliphatic rings. The number of hydrogen-bond acceptors (Lipinski definition) is 1. The lowest BCUT2D eigenvalue weighted by atomic mass is 9.64. The molecule has 28 heavy (non-hydrogen) atoms. The highest BCUT2D eigenvalue weighted by Gasteiger charge is 2.35. The molecule has 4 unspecified atom stereocenters. The van der Waals surface area contributed by atoms with Crippen LogP contribution in [0.1, 0.15) is 50.0 Å². The average Bonchev–Trinajstić information content (AvgIpc) is 2.73. The van der Waals surface area contributed by atoms with Crippen molar-refractivity contribution in [2.24, 2.45) is 17.8 Å². The third-order valence-electron chi connectivity index (χ3n) is 6.92. The number of fused-ring (bicyclic) bond motifs is 1. The van der Waals surface area contributed by atoms with Crippen LogP contribution in [0.3, 0.4) is 0 Å². The van der Waals surface area contributed by atoms with Crippen molar-refractivity contribution in [2.45, 2.75) is 44.4 Å². The van der Waals surface area contributed by atoms with E-state index in [1.165, 1.54) is 38.9 Å². The van der Waals surface area contributed by atoms with Crippen molar-refractivity contribution >= 4 is 0 Å². The maximum Gasteiger partial charge on any atom is 0.134 e. The molecule has 2 fully saturated rings. The summed E-state index contributed by atoms with van der Waals surface area (Å²) in [4.78, 5) is 0. The van der Waals surface area contributed by atoms with Crippen LogP contribution in [0.15, 0.2) is 49.1 Å². The van der Waals surface area contributed by atoms with Crippen LogP contribution in [0, 0.1) is 29.4 Å². The summed E-state index contributed by atoms with van der Waals surface area (Å²) in [6, 6.07) is 9.88. The van der Waals surface area contributed by atoms with E-state index in [2.05, 4.69) is 12.7 Å². The number of rotatable bonds is 4. The molecule has 2 saturated carbocycles. The van der Waals surface area contributed by atoms with E-state index in [4.69, 9.17) is 4.74 Å². The van der Waals surface area contributed by atoms with Gasteiger partial charge in [-0.05, 0) is 86.0 Å². The van der Waals surface area contributed by atoms with Crippen LogP contribution in [0.2, 0.25) is 0 Å². The SMILES string of the molecule is C=CC1CCC2CC(c3ccc(-c4ccc(OC)cc4F)c(F)c3)CCC2C1. The summed E-state index contributed by atoms with van der Waals surface area (Å²) in [5.74, 6) is 2.24. The molecule has 0 saturated heterocycles. The summed E-state index contributed by atoms with van der Waals surface area (Å²) in [5, 5.41) is 0. The predicted octanol–water partition coefficient (Wildman–Crippen LogP) is 7.13. The molecule has 148 valence electrons. The lowest BCUT2D eigenvalue weighted by Crippen LogP contribution is -2.30. The number of benzene rings is 2. The smallest absolute Gasteiger partial charge is 0.134 e. The Balaban J connectivity index is 1.52. The summed E-state index contributed by atoms with van der Waals surface area (Å²) in [6.45, 7) is 3.97. The Bertz CT molecular complexity index is 860. The first-order valence-corrected chi connectivity index (χ1v) is 10.3. The topological polar surface area (TPSA) is 9.23 Å². The molecule has 0 aromatic heterocycles. The lowest BCUT2D eigenvalue weighted by molar-refractivity contribution is 0.133. The first kappa shape index (κ1) is 19.2. The Morgan fingerprint density at radius 1 is 0.893 bits per heavy atom. The monoisotopic (exact) mass is 382 g/mol. The summed E-state index contributed by atoms with van der Waals surface area (Å²) in [5.41, 5.74) is 1.64. The van der Waals surface area contributed by atoms with Gasteiger partial charge in [0.15, 0.2) is 0 Å². The maximum atomic E-state index is 14.9. The molecule has 2 aliphatic carbocycles. The van der Waals surface area contributed by atoms with Crippen molar-refractivity contribution < 1.29 is 13.5 Å². The molecule has 0 aliphatic heterocycles. The Kier molecular flexibility index (Phi) is 5.52. The fraction of sp³-hybridized carbons (Fsp3) is 0.440. The highest BCUT2D eigenvalue weighted by molar-refractivity contribution is 5.66.